The predicted molar refractivity (Wildman–Crippen MR) is 131 cm³/mol. The van der Waals surface area contributed by atoms with Gasteiger partial charge in [0.25, 0.3) is 5.91 Å². The number of amides is 1. The molecule has 1 amide bonds. The molecule has 0 aromatic heterocycles. The van der Waals surface area contributed by atoms with E-state index in [1.807, 2.05) is 54.6 Å². The van der Waals surface area contributed by atoms with Crippen LogP contribution in [0.15, 0.2) is 78.9 Å². The van der Waals surface area contributed by atoms with Crippen molar-refractivity contribution in [2.24, 2.45) is 5.41 Å². The summed E-state index contributed by atoms with van der Waals surface area (Å²) < 4.78 is 11.0. The number of nitrogens with one attached hydrogen (secondary N) is 1. The number of carbonyl (C=O) groups is 3. The Morgan fingerprint density at radius 1 is 1.03 bits per heavy atom. The normalized spacial score (nSPS) is 26.0. The van der Waals surface area contributed by atoms with Crippen molar-refractivity contribution in [2.75, 3.05) is 11.5 Å². The number of nitrogens with zero attached hydrogens (tertiary/aromatic N) is 1. The number of carbonyl (C=O) groups excluding carboxylic acids is 3. The summed E-state index contributed by atoms with van der Waals surface area (Å²) in [6.07, 6.45) is 0. The van der Waals surface area contributed by atoms with Crippen LogP contribution in [0.1, 0.15) is 24.0 Å². The Morgan fingerprint density at radius 3 is 2.49 bits per heavy atom. The fourth-order valence-electron chi connectivity index (χ4n) is 5.65. The Balaban J connectivity index is 1.68. The van der Waals surface area contributed by atoms with Crippen molar-refractivity contribution in [1.82, 2.24) is 5.32 Å². The van der Waals surface area contributed by atoms with E-state index >= 15 is 0 Å². The molecule has 35 heavy (non-hydrogen) atoms. The standard InChI is InChI=1S/C27H20N2O5S/c1-2-33-24(31)26-21(17-12-6-9-15-20(17)34-25(26)32)27(28-22(26)35)18-13-7-8-14-19(18)29(23(27)30)16-10-4-3-5-11-16/h3-15,21H,2H2,1H3,(H,28,35)/t21-,26+,27+/m1/s1. The number of para-hydroxylation sites is 3. The van der Waals surface area contributed by atoms with E-state index in [-0.39, 0.29) is 23.3 Å². The first-order valence-corrected chi connectivity index (χ1v) is 11.7. The van der Waals surface area contributed by atoms with Gasteiger partial charge in [0.15, 0.2) is 5.54 Å². The second-order valence-electron chi connectivity index (χ2n) is 8.64. The van der Waals surface area contributed by atoms with Gasteiger partial charge in [-0.15, -0.1) is 0 Å². The van der Waals surface area contributed by atoms with Gasteiger partial charge in [-0.25, -0.2) is 4.79 Å². The summed E-state index contributed by atoms with van der Waals surface area (Å²) in [7, 11) is 0. The van der Waals surface area contributed by atoms with Gasteiger partial charge >= 0.3 is 11.9 Å². The van der Waals surface area contributed by atoms with Gasteiger partial charge in [-0.05, 0) is 31.2 Å². The number of hydrogen-bond acceptors (Lipinski definition) is 6. The molecule has 7 nitrogen and oxygen atoms in total. The van der Waals surface area contributed by atoms with Crippen molar-refractivity contribution < 1.29 is 23.9 Å². The molecule has 3 aliphatic heterocycles. The van der Waals surface area contributed by atoms with Gasteiger partial charge in [0.2, 0.25) is 5.41 Å². The van der Waals surface area contributed by atoms with E-state index in [0.29, 0.717) is 22.5 Å². The fraction of sp³-hybridized carbons (Fsp3) is 0.185. The summed E-state index contributed by atoms with van der Waals surface area (Å²) in [4.78, 5) is 43.2. The molecule has 0 bridgehead atoms. The lowest BCUT2D eigenvalue weighted by molar-refractivity contribution is -0.164. The minimum Gasteiger partial charge on any atom is -0.465 e. The minimum atomic E-state index is -2.00. The number of rotatable bonds is 3. The van der Waals surface area contributed by atoms with E-state index in [2.05, 4.69) is 5.32 Å². The second-order valence-corrected chi connectivity index (χ2v) is 9.05. The molecular formula is C27H20N2O5S. The maximum atomic E-state index is 14.5. The van der Waals surface area contributed by atoms with E-state index in [1.54, 1.807) is 36.1 Å². The molecule has 3 aromatic carbocycles. The molecule has 8 heteroatoms. The molecule has 1 spiro atoms. The number of thiocarbonyl (C=S) groups is 1. The quantitative estimate of drug-likeness (QED) is 0.262. The van der Waals surface area contributed by atoms with Crippen LogP contribution in [0.5, 0.6) is 5.75 Å². The first kappa shape index (κ1) is 21.5. The molecule has 0 aliphatic carbocycles. The SMILES string of the molecule is CCOC(=O)[C@]12C(=O)Oc3ccccc3[C@H]1[C@]1(NC2=S)C(=O)N(c2ccccc2)c2ccccc21. The highest BCUT2D eigenvalue weighted by Gasteiger charge is 2.77. The Morgan fingerprint density at radius 2 is 1.71 bits per heavy atom. The van der Waals surface area contributed by atoms with Crippen molar-refractivity contribution in [3.63, 3.8) is 0 Å². The smallest absolute Gasteiger partial charge is 0.336 e. The Bertz CT molecular complexity index is 1420. The number of esters is 2. The van der Waals surface area contributed by atoms with Gasteiger partial charge in [0, 0.05) is 16.8 Å². The van der Waals surface area contributed by atoms with Gasteiger partial charge in [-0.2, -0.15) is 0 Å². The van der Waals surface area contributed by atoms with Gasteiger partial charge in [-0.3, -0.25) is 14.5 Å². The average molecular weight is 485 g/mol. The van der Waals surface area contributed by atoms with Crippen LogP contribution in [0, 0.1) is 5.41 Å². The molecule has 174 valence electrons. The zero-order valence-corrected chi connectivity index (χ0v) is 19.5. The number of ether oxygens (including phenoxy) is 2. The molecule has 1 fully saturated rings. The van der Waals surface area contributed by atoms with Crippen molar-refractivity contribution in [3.8, 4) is 5.75 Å². The van der Waals surface area contributed by atoms with Crippen LogP contribution in [-0.4, -0.2) is 29.4 Å². The van der Waals surface area contributed by atoms with E-state index in [1.165, 1.54) is 0 Å². The van der Waals surface area contributed by atoms with Crippen LogP contribution in [0.2, 0.25) is 0 Å². The van der Waals surface area contributed by atoms with E-state index in [9.17, 15) is 14.4 Å². The third kappa shape index (κ3) is 2.54. The highest BCUT2D eigenvalue weighted by atomic mass is 32.1. The maximum Gasteiger partial charge on any atom is 0.336 e. The Kier molecular flexibility index (Phi) is 4.59. The van der Waals surface area contributed by atoms with E-state index in [0.717, 1.165) is 0 Å². The lowest BCUT2D eigenvalue weighted by atomic mass is 9.63. The molecule has 0 saturated carbocycles. The molecule has 6 rings (SSSR count). The Labute approximate surface area is 206 Å². The maximum absolute atomic E-state index is 14.5. The summed E-state index contributed by atoms with van der Waals surface area (Å²) >= 11 is 5.69. The second kappa shape index (κ2) is 7.48. The number of anilines is 2. The molecule has 0 radical (unpaired) electrons. The summed E-state index contributed by atoms with van der Waals surface area (Å²) in [6, 6.07) is 23.5. The topological polar surface area (TPSA) is 84.9 Å². The molecule has 1 N–H and O–H groups in total. The summed E-state index contributed by atoms with van der Waals surface area (Å²) in [5, 5.41) is 3.17. The fourth-order valence-corrected chi connectivity index (χ4v) is 6.10. The molecule has 3 aliphatic rings. The highest BCUT2D eigenvalue weighted by molar-refractivity contribution is 7.80. The average Bonchev–Trinajstić information content (AvgIpc) is 3.30. The minimum absolute atomic E-state index is 0.0402. The first-order chi connectivity index (χ1) is 17.0. The zero-order chi connectivity index (χ0) is 24.4. The lowest BCUT2D eigenvalue weighted by Gasteiger charge is -2.39. The van der Waals surface area contributed by atoms with Crippen LogP contribution in [0.4, 0.5) is 11.4 Å². The number of hydrogen-bond donors (Lipinski definition) is 1. The van der Waals surface area contributed by atoms with E-state index < -0.39 is 28.8 Å². The third-order valence-electron chi connectivity index (χ3n) is 7.01. The monoisotopic (exact) mass is 484 g/mol. The van der Waals surface area contributed by atoms with Gasteiger partial charge in [0.05, 0.1) is 18.2 Å². The molecule has 1 saturated heterocycles. The van der Waals surface area contributed by atoms with E-state index in [4.69, 9.17) is 21.7 Å². The van der Waals surface area contributed by atoms with Gasteiger partial charge < -0.3 is 14.8 Å². The summed E-state index contributed by atoms with van der Waals surface area (Å²) in [5.74, 6) is -2.74. The summed E-state index contributed by atoms with van der Waals surface area (Å²) in [6.45, 7) is 1.69. The van der Waals surface area contributed by atoms with Crippen LogP contribution >= 0.6 is 12.2 Å². The number of fused-ring (bicyclic) bond motifs is 6. The largest absolute Gasteiger partial charge is 0.465 e. The zero-order valence-electron chi connectivity index (χ0n) is 18.7. The van der Waals surface area contributed by atoms with Crippen molar-refractivity contribution in [3.05, 3.63) is 90.0 Å². The molecule has 3 heterocycles. The van der Waals surface area contributed by atoms with Crippen molar-refractivity contribution >= 4 is 46.4 Å². The third-order valence-corrected chi connectivity index (χ3v) is 7.44. The van der Waals surface area contributed by atoms with Crippen LogP contribution < -0.4 is 15.0 Å². The summed E-state index contributed by atoms with van der Waals surface area (Å²) in [5.41, 5.74) is -1.06. The van der Waals surface area contributed by atoms with Crippen molar-refractivity contribution in [2.45, 2.75) is 18.4 Å². The van der Waals surface area contributed by atoms with Crippen molar-refractivity contribution in [1.29, 1.82) is 0 Å². The molecule has 3 atom stereocenters. The Hall–Kier alpha value is -4.04. The van der Waals surface area contributed by atoms with Crippen LogP contribution in [0.3, 0.4) is 0 Å². The van der Waals surface area contributed by atoms with Gasteiger partial charge in [-0.1, -0.05) is 66.8 Å². The molecular weight excluding hydrogens is 464 g/mol. The first-order valence-electron chi connectivity index (χ1n) is 11.3. The van der Waals surface area contributed by atoms with Gasteiger partial charge in [0.1, 0.15) is 10.7 Å². The lowest BCUT2D eigenvalue weighted by Crippen LogP contribution is -2.55. The molecule has 3 aromatic rings. The highest BCUT2D eigenvalue weighted by Crippen LogP contribution is 2.63. The van der Waals surface area contributed by atoms with Crippen LogP contribution in [0.25, 0.3) is 0 Å². The number of benzene rings is 3. The predicted octanol–water partition coefficient (Wildman–Crippen LogP) is 3.74. The van der Waals surface area contributed by atoms with Crippen LogP contribution in [-0.2, 0) is 24.7 Å². The molecule has 0 unspecified atom stereocenters.